The molecular weight excluding hydrogens is 294 g/mol. The quantitative estimate of drug-likeness (QED) is 0.895. The van der Waals surface area contributed by atoms with Crippen molar-refractivity contribution < 1.29 is 14.3 Å². The highest BCUT2D eigenvalue weighted by Crippen LogP contribution is 2.29. The minimum absolute atomic E-state index is 0.190. The van der Waals surface area contributed by atoms with Gasteiger partial charge in [0.1, 0.15) is 5.56 Å². The maximum Gasteiger partial charge on any atom is 0.256 e. The summed E-state index contributed by atoms with van der Waals surface area (Å²) < 4.78 is 5.11. The van der Waals surface area contributed by atoms with Crippen molar-refractivity contribution in [2.75, 3.05) is 20.2 Å². The second-order valence-corrected chi connectivity index (χ2v) is 6.32. The molecule has 6 nitrogen and oxygen atoms in total. The predicted octanol–water partition coefficient (Wildman–Crippen LogP) is 1.61. The van der Waals surface area contributed by atoms with E-state index in [1.165, 1.54) is 20.0 Å². The van der Waals surface area contributed by atoms with Gasteiger partial charge in [-0.3, -0.25) is 9.59 Å². The number of carbonyl (C=O) groups excluding carboxylic acids is 2. The first-order chi connectivity index (χ1) is 11.2. The minimum atomic E-state index is -0.207. The van der Waals surface area contributed by atoms with Crippen molar-refractivity contribution in [3.05, 3.63) is 23.9 Å². The molecule has 23 heavy (non-hydrogen) atoms. The highest BCUT2D eigenvalue weighted by atomic mass is 16.5. The van der Waals surface area contributed by atoms with Crippen molar-refractivity contribution in [3.8, 4) is 5.88 Å². The van der Waals surface area contributed by atoms with E-state index in [4.69, 9.17) is 4.74 Å². The molecule has 1 N–H and O–H groups in total. The Hall–Kier alpha value is -2.11. The molecule has 1 aliphatic heterocycles. The Morgan fingerprint density at radius 2 is 2.22 bits per heavy atom. The molecule has 6 heteroatoms. The molecule has 1 saturated carbocycles. The molecule has 1 aliphatic carbocycles. The van der Waals surface area contributed by atoms with Crippen LogP contribution in [0.1, 0.15) is 42.5 Å². The Kier molecular flexibility index (Phi) is 4.79. The van der Waals surface area contributed by atoms with Crippen LogP contribution in [0.5, 0.6) is 5.88 Å². The Labute approximate surface area is 136 Å². The number of hydrogen-bond donors (Lipinski definition) is 1. The Morgan fingerprint density at radius 1 is 1.43 bits per heavy atom. The van der Waals surface area contributed by atoms with Crippen LogP contribution < -0.4 is 10.1 Å². The second kappa shape index (κ2) is 6.98. The van der Waals surface area contributed by atoms with E-state index in [1.807, 2.05) is 4.90 Å². The fraction of sp³-hybridized carbons (Fsp3) is 0.588. The van der Waals surface area contributed by atoms with Crippen LogP contribution in [-0.2, 0) is 4.79 Å². The summed E-state index contributed by atoms with van der Waals surface area (Å²) >= 11 is 0. The van der Waals surface area contributed by atoms with Crippen molar-refractivity contribution in [1.29, 1.82) is 0 Å². The first-order valence-electron chi connectivity index (χ1n) is 8.25. The number of likely N-dealkylation sites (tertiary alicyclic amines) is 1. The number of aromatic nitrogens is 1. The van der Waals surface area contributed by atoms with Crippen LogP contribution in [0.4, 0.5) is 0 Å². The van der Waals surface area contributed by atoms with Gasteiger partial charge in [0.2, 0.25) is 11.8 Å². The van der Waals surface area contributed by atoms with Crippen molar-refractivity contribution in [2.24, 2.45) is 5.92 Å². The fourth-order valence-electron chi connectivity index (χ4n) is 3.57. The van der Waals surface area contributed by atoms with E-state index in [0.29, 0.717) is 30.5 Å². The van der Waals surface area contributed by atoms with Crippen LogP contribution >= 0.6 is 0 Å². The summed E-state index contributed by atoms with van der Waals surface area (Å²) in [5.74, 6) is 0.534. The van der Waals surface area contributed by atoms with Gasteiger partial charge in [-0.25, -0.2) is 4.98 Å². The molecule has 0 unspecified atom stereocenters. The van der Waals surface area contributed by atoms with Crippen LogP contribution in [-0.4, -0.2) is 47.9 Å². The first-order valence-corrected chi connectivity index (χ1v) is 8.25. The van der Waals surface area contributed by atoms with Crippen LogP contribution in [0.25, 0.3) is 0 Å². The van der Waals surface area contributed by atoms with Gasteiger partial charge >= 0.3 is 0 Å². The lowest BCUT2D eigenvalue weighted by molar-refractivity contribution is -0.129. The summed E-state index contributed by atoms with van der Waals surface area (Å²) in [7, 11) is 1.49. The molecule has 0 spiro atoms. The third-order valence-corrected chi connectivity index (χ3v) is 4.76. The fourth-order valence-corrected chi connectivity index (χ4v) is 3.57. The average molecular weight is 317 g/mol. The SMILES string of the molecule is COc1ncccc1C(=O)NC[C@H]1CC(=O)N(C2CCCC2)C1. The summed E-state index contributed by atoms with van der Waals surface area (Å²) in [5.41, 5.74) is 0.423. The summed E-state index contributed by atoms with van der Waals surface area (Å²) in [6.07, 6.45) is 6.80. The molecule has 124 valence electrons. The summed E-state index contributed by atoms with van der Waals surface area (Å²) in [6.45, 7) is 1.26. The van der Waals surface area contributed by atoms with Crippen molar-refractivity contribution in [2.45, 2.75) is 38.1 Å². The molecule has 1 atom stereocenters. The normalized spacial score (nSPS) is 21.7. The largest absolute Gasteiger partial charge is 0.480 e. The van der Waals surface area contributed by atoms with Gasteiger partial charge in [-0.15, -0.1) is 0 Å². The monoisotopic (exact) mass is 317 g/mol. The zero-order chi connectivity index (χ0) is 16.2. The smallest absolute Gasteiger partial charge is 0.256 e. The molecule has 2 heterocycles. The number of ether oxygens (including phenoxy) is 1. The molecule has 1 aromatic heterocycles. The van der Waals surface area contributed by atoms with E-state index in [1.54, 1.807) is 18.3 Å². The molecular formula is C17H23N3O3. The van der Waals surface area contributed by atoms with Crippen LogP contribution in [0.3, 0.4) is 0 Å². The second-order valence-electron chi connectivity index (χ2n) is 6.32. The molecule has 1 saturated heterocycles. The predicted molar refractivity (Wildman–Crippen MR) is 85.2 cm³/mol. The zero-order valence-electron chi connectivity index (χ0n) is 13.5. The number of carbonyl (C=O) groups is 2. The topological polar surface area (TPSA) is 71.5 Å². The lowest BCUT2D eigenvalue weighted by atomic mass is 10.1. The third-order valence-electron chi connectivity index (χ3n) is 4.76. The van der Waals surface area contributed by atoms with Gasteiger partial charge in [-0.1, -0.05) is 12.8 Å². The van der Waals surface area contributed by atoms with E-state index < -0.39 is 0 Å². The highest BCUT2D eigenvalue weighted by molar-refractivity contribution is 5.96. The molecule has 1 aromatic rings. The van der Waals surface area contributed by atoms with E-state index in [-0.39, 0.29) is 17.7 Å². The van der Waals surface area contributed by atoms with E-state index in [0.717, 1.165) is 19.4 Å². The lowest BCUT2D eigenvalue weighted by Crippen LogP contribution is -2.36. The summed E-state index contributed by atoms with van der Waals surface area (Å²) in [6, 6.07) is 3.81. The number of amides is 2. The number of rotatable bonds is 5. The highest BCUT2D eigenvalue weighted by Gasteiger charge is 2.35. The van der Waals surface area contributed by atoms with Gasteiger partial charge in [-0.2, -0.15) is 0 Å². The van der Waals surface area contributed by atoms with Crippen LogP contribution in [0.2, 0.25) is 0 Å². The van der Waals surface area contributed by atoms with Gasteiger partial charge in [0, 0.05) is 37.7 Å². The molecule has 2 aliphatic rings. The number of pyridine rings is 1. The molecule has 0 radical (unpaired) electrons. The average Bonchev–Trinajstić information content (AvgIpc) is 3.21. The summed E-state index contributed by atoms with van der Waals surface area (Å²) in [4.78, 5) is 30.5. The molecule has 0 bridgehead atoms. The molecule has 3 rings (SSSR count). The van der Waals surface area contributed by atoms with E-state index >= 15 is 0 Å². The van der Waals surface area contributed by atoms with Gasteiger partial charge in [-0.05, 0) is 25.0 Å². The number of methoxy groups -OCH3 is 1. The van der Waals surface area contributed by atoms with Crippen LogP contribution in [0, 0.1) is 5.92 Å². The standard InChI is InChI=1S/C17H23N3O3/c1-23-17-14(7-4-8-18-17)16(22)19-10-12-9-15(21)20(11-12)13-5-2-3-6-13/h4,7-8,12-13H,2-3,5-6,9-11H2,1H3,(H,19,22)/t12-/m1/s1. The van der Waals surface area contributed by atoms with Gasteiger partial charge < -0.3 is 15.0 Å². The lowest BCUT2D eigenvalue weighted by Gasteiger charge is -2.24. The van der Waals surface area contributed by atoms with Crippen molar-refractivity contribution in [1.82, 2.24) is 15.2 Å². The Balaban J connectivity index is 1.54. The van der Waals surface area contributed by atoms with Gasteiger partial charge in [0.25, 0.3) is 5.91 Å². The third kappa shape index (κ3) is 3.46. The van der Waals surface area contributed by atoms with Crippen molar-refractivity contribution >= 4 is 11.8 Å². The Morgan fingerprint density at radius 3 is 2.96 bits per heavy atom. The Bertz CT molecular complexity index is 584. The van der Waals surface area contributed by atoms with Crippen LogP contribution in [0.15, 0.2) is 18.3 Å². The van der Waals surface area contributed by atoms with Crippen molar-refractivity contribution in [3.63, 3.8) is 0 Å². The van der Waals surface area contributed by atoms with Gasteiger partial charge in [0.05, 0.1) is 7.11 Å². The van der Waals surface area contributed by atoms with Gasteiger partial charge in [0.15, 0.2) is 0 Å². The molecule has 2 amide bonds. The summed E-state index contributed by atoms with van der Waals surface area (Å²) in [5, 5.41) is 2.91. The number of nitrogens with one attached hydrogen (secondary N) is 1. The maximum absolute atomic E-state index is 12.3. The minimum Gasteiger partial charge on any atom is -0.480 e. The first kappa shape index (κ1) is 15.8. The maximum atomic E-state index is 12.3. The number of nitrogens with zero attached hydrogens (tertiary/aromatic N) is 2. The zero-order valence-corrected chi connectivity index (χ0v) is 13.5. The molecule has 0 aromatic carbocycles. The van der Waals surface area contributed by atoms with E-state index in [9.17, 15) is 9.59 Å². The van der Waals surface area contributed by atoms with E-state index in [2.05, 4.69) is 10.3 Å². The number of hydrogen-bond acceptors (Lipinski definition) is 4. The molecule has 2 fully saturated rings.